The molecule has 0 aromatic heterocycles. The molecule has 0 saturated heterocycles. The van der Waals surface area contributed by atoms with E-state index in [1.165, 1.54) is 173 Å². The van der Waals surface area contributed by atoms with Crippen molar-refractivity contribution in [2.24, 2.45) is 0 Å². The number of benzene rings is 8. The van der Waals surface area contributed by atoms with Gasteiger partial charge in [-0.15, -0.1) is 0 Å². The van der Waals surface area contributed by atoms with Crippen molar-refractivity contribution in [1.82, 2.24) is 0 Å². The summed E-state index contributed by atoms with van der Waals surface area (Å²) in [6.45, 7) is 41.0. The van der Waals surface area contributed by atoms with Crippen LogP contribution in [0.15, 0.2) is 146 Å². The molecule has 4 unspecified atom stereocenters. The lowest BCUT2D eigenvalue weighted by atomic mass is 9.33. The first-order valence-electron chi connectivity index (χ1n) is 32.4. The summed E-state index contributed by atoms with van der Waals surface area (Å²) in [5, 5.41) is 0. The summed E-state index contributed by atoms with van der Waals surface area (Å²) in [5.41, 5.74) is 31.4. The van der Waals surface area contributed by atoms with Gasteiger partial charge in [-0.3, -0.25) is 0 Å². The average molecular weight is 1120 g/mol. The maximum absolute atomic E-state index is 2.88. The van der Waals surface area contributed by atoms with Gasteiger partial charge in [0.2, 0.25) is 0 Å². The molecule has 8 aromatic rings. The van der Waals surface area contributed by atoms with Gasteiger partial charge in [-0.25, -0.2) is 0 Å². The van der Waals surface area contributed by atoms with Crippen molar-refractivity contribution in [3.8, 4) is 11.1 Å². The lowest BCUT2D eigenvalue weighted by molar-refractivity contribution is 0.195. The molecule has 0 radical (unpaired) electrons. The Bertz CT molecular complexity index is 4060. The maximum Gasteiger partial charge on any atom is 0.252 e. The standard InChI is InChI=1S/C80H91BN4/c1-50-41-52(3)72-62(43-50)77(14)37-21-23-39-79(77,16)84(72)59-33-35-65-68(47-59)82(58-31-27-55(28-32-58)74(5,6)7)69-48-60(85-73-53(4)42-51(2)44-63(73)78(15)38-22-24-40-80(78,85)17)49-70-71(69)81(65)64-34-29-57(76(11,12)13)46-67(64)83(70)66-36-30-56(75(8,9)10)45-61(66)54-25-19-18-20-26-54/h18-20,25-36,41-49H,21-24,37-40H2,1-17H3. The summed E-state index contributed by atoms with van der Waals surface area (Å²) in [6, 6.07) is 58.9. The van der Waals surface area contributed by atoms with Crippen molar-refractivity contribution in [1.29, 1.82) is 0 Å². The van der Waals surface area contributed by atoms with Crippen molar-refractivity contribution in [3.05, 3.63) is 196 Å². The molecule has 4 nitrogen and oxygen atoms in total. The van der Waals surface area contributed by atoms with Crippen molar-refractivity contribution in [2.45, 2.75) is 207 Å². The van der Waals surface area contributed by atoms with Crippen LogP contribution in [-0.4, -0.2) is 17.8 Å². The Morgan fingerprint density at radius 3 is 1.39 bits per heavy atom. The molecular weight excluding hydrogens is 1030 g/mol. The molecule has 2 aliphatic carbocycles. The Morgan fingerprint density at radius 2 is 0.835 bits per heavy atom. The van der Waals surface area contributed by atoms with Crippen LogP contribution in [0.5, 0.6) is 0 Å². The third kappa shape index (κ3) is 8.05. The highest BCUT2D eigenvalue weighted by molar-refractivity contribution is 7.00. The molecule has 14 rings (SSSR count). The summed E-state index contributed by atoms with van der Waals surface area (Å²) in [7, 11) is 0. The number of anilines is 10. The van der Waals surface area contributed by atoms with Crippen LogP contribution < -0.4 is 36.0 Å². The number of aryl methyl sites for hydroxylation is 4. The second-order valence-corrected chi connectivity index (χ2v) is 31.2. The smallest absolute Gasteiger partial charge is 0.252 e. The first-order chi connectivity index (χ1) is 40.2. The fourth-order valence-electron chi connectivity index (χ4n) is 17.6. The van der Waals surface area contributed by atoms with E-state index in [4.69, 9.17) is 0 Å². The predicted octanol–water partition coefficient (Wildman–Crippen LogP) is 20.0. The second kappa shape index (κ2) is 18.8. The van der Waals surface area contributed by atoms with E-state index in [2.05, 4.69) is 283 Å². The SMILES string of the molecule is Cc1cc(C)c2c(c1)C1(C)CCCCC1(C)N2c1ccc2c(c1)N(c1ccc(C(C)(C)C)cc1)c1cc(N3c4c(C)cc(C)cc4C4(C)CCCCC34C)cc3c1B2c1ccc(C(C)(C)C)cc1N3c1ccc(C(C)(C)C)cc1-c1ccccc1. The summed E-state index contributed by atoms with van der Waals surface area (Å²) >= 11 is 0. The largest absolute Gasteiger partial charge is 0.334 e. The van der Waals surface area contributed by atoms with Gasteiger partial charge in [0.15, 0.2) is 0 Å². The molecule has 4 aliphatic heterocycles. The minimum atomic E-state index is -0.173. The predicted molar refractivity (Wildman–Crippen MR) is 367 cm³/mol. The lowest BCUT2D eigenvalue weighted by Crippen LogP contribution is -2.62. The van der Waals surface area contributed by atoms with Crippen molar-refractivity contribution < 1.29 is 0 Å². The molecule has 4 atom stereocenters. The zero-order chi connectivity index (χ0) is 59.9. The van der Waals surface area contributed by atoms with E-state index < -0.39 is 0 Å². The van der Waals surface area contributed by atoms with Crippen LogP contribution in [0.2, 0.25) is 0 Å². The van der Waals surface area contributed by atoms with E-state index >= 15 is 0 Å². The van der Waals surface area contributed by atoms with Crippen LogP contribution in [0.4, 0.5) is 56.9 Å². The van der Waals surface area contributed by atoms with Gasteiger partial charge < -0.3 is 19.6 Å². The van der Waals surface area contributed by atoms with Gasteiger partial charge in [-0.2, -0.15) is 0 Å². The Labute approximate surface area is 510 Å². The topological polar surface area (TPSA) is 13.0 Å². The Kier molecular flexibility index (Phi) is 12.3. The van der Waals surface area contributed by atoms with Gasteiger partial charge >= 0.3 is 0 Å². The van der Waals surface area contributed by atoms with E-state index in [1.54, 1.807) is 0 Å². The van der Waals surface area contributed by atoms with Crippen LogP contribution in [0.1, 0.15) is 191 Å². The fourth-order valence-corrected chi connectivity index (χ4v) is 17.6. The third-order valence-corrected chi connectivity index (χ3v) is 22.7. The Morgan fingerprint density at radius 1 is 0.388 bits per heavy atom. The van der Waals surface area contributed by atoms with Crippen LogP contribution in [0.25, 0.3) is 11.1 Å². The first-order valence-corrected chi connectivity index (χ1v) is 32.4. The van der Waals surface area contributed by atoms with E-state index in [0.717, 1.165) is 12.8 Å². The molecule has 2 saturated carbocycles. The zero-order valence-corrected chi connectivity index (χ0v) is 54.4. The number of nitrogens with zero attached hydrogens (tertiary/aromatic N) is 4. The summed E-state index contributed by atoms with van der Waals surface area (Å²) in [6.07, 6.45) is 9.59. The number of fused-ring (bicyclic) bond motifs is 10. The van der Waals surface area contributed by atoms with Gasteiger partial charge in [0, 0.05) is 67.6 Å². The Balaban J connectivity index is 1.13. The molecule has 0 N–H and O–H groups in total. The quantitative estimate of drug-likeness (QED) is 0.159. The molecule has 0 bridgehead atoms. The van der Waals surface area contributed by atoms with E-state index in [0.29, 0.717) is 0 Å². The highest BCUT2D eigenvalue weighted by atomic mass is 15.3. The molecule has 6 aliphatic rings. The molecular formula is C80H91BN4. The zero-order valence-electron chi connectivity index (χ0n) is 54.4. The molecule has 4 heterocycles. The van der Waals surface area contributed by atoms with Gasteiger partial charge in [0.25, 0.3) is 6.71 Å². The lowest BCUT2D eigenvalue weighted by Gasteiger charge is -2.51. The van der Waals surface area contributed by atoms with Gasteiger partial charge in [0.1, 0.15) is 0 Å². The minimum absolute atomic E-state index is 0.00625. The fraction of sp³-hybridized carbons (Fsp3) is 0.400. The van der Waals surface area contributed by atoms with Gasteiger partial charge in [-0.05, 0) is 199 Å². The van der Waals surface area contributed by atoms with E-state index in [9.17, 15) is 0 Å². The monoisotopic (exact) mass is 1120 g/mol. The average Bonchev–Trinajstić information content (AvgIpc) is 1.88. The van der Waals surface area contributed by atoms with E-state index in [-0.39, 0.29) is 44.9 Å². The third-order valence-electron chi connectivity index (χ3n) is 22.7. The molecule has 0 spiro atoms. The first kappa shape index (κ1) is 55.9. The number of hydrogen-bond donors (Lipinski definition) is 0. The second-order valence-electron chi connectivity index (χ2n) is 31.2. The summed E-state index contributed by atoms with van der Waals surface area (Å²) in [5.74, 6) is 0. The normalized spacial score (nSPS) is 23.0. The van der Waals surface area contributed by atoms with E-state index in [1.807, 2.05) is 0 Å². The van der Waals surface area contributed by atoms with Crippen LogP contribution in [-0.2, 0) is 27.1 Å². The summed E-state index contributed by atoms with van der Waals surface area (Å²) in [4.78, 5) is 11.2. The molecule has 434 valence electrons. The summed E-state index contributed by atoms with van der Waals surface area (Å²) < 4.78 is 0. The number of rotatable bonds is 5. The van der Waals surface area contributed by atoms with Crippen LogP contribution in [0, 0.1) is 27.7 Å². The molecule has 2 fully saturated rings. The molecule has 85 heavy (non-hydrogen) atoms. The number of hydrogen-bond acceptors (Lipinski definition) is 4. The van der Waals surface area contributed by atoms with Crippen molar-refractivity contribution >= 4 is 80.0 Å². The van der Waals surface area contributed by atoms with Crippen LogP contribution in [0.3, 0.4) is 0 Å². The molecule has 0 amide bonds. The highest BCUT2D eigenvalue weighted by Gasteiger charge is 2.60. The molecule has 5 heteroatoms. The Hall–Kier alpha value is -6.98. The van der Waals surface area contributed by atoms with Crippen molar-refractivity contribution in [3.63, 3.8) is 0 Å². The minimum Gasteiger partial charge on any atom is -0.334 e. The van der Waals surface area contributed by atoms with Crippen LogP contribution >= 0.6 is 0 Å². The van der Waals surface area contributed by atoms with Gasteiger partial charge in [-0.1, -0.05) is 204 Å². The van der Waals surface area contributed by atoms with Gasteiger partial charge in [0.05, 0.1) is 16.8 Å². The highest BCUT2D eigenvalue weighted by Crippen LogP contribution is 2.65. The molecule has 8 aromatic carbocycles. The van der Waals surface area contributed by atoms with Crippen molar-refractivity contribution in [2.75, 3.05) is 19.6 Å². The maximum atomic E-state index is 2.88.